The highest BCUT2D eigenvalue weighted by molar-refractivity contribution is 5.92. The van der Waals surface area contributed by atoms with Gasteiger partial charge in [-0.15, -0.1) is 0 Å². The molecule has 0 aromatic heterocycles. The van der Waals surface area contributed by atoms with Crippen molar-refractivity contribution in [2.75, 3.05) is 32.2 Å². The largest absolute Gasteiger partial charge is 0.497 e. The summed E-state index contributed by atoms with van der Waals surface area (Å²) in [4.78, 5) is 24.1. The van der Waals surface area contributed by atoms with Crippen molar-refractivity contribution in [3.05, 3.63) is 54.1 Å². The van der Waals surface area contributed by atoms with E-state index in [-0.39, 0.29) is 25.2 Å². The SMILES string of the molecule is COc1cccc(NC(=O)COc2ccc(C(=O)OCC3CCCO3)cc2)c1. The Morgan fingerprint density at radius 2 is 1.96 bits per heavy atom. The third-order valence-corrected chi connectivity index (χ3v) is 4.24. The fourth-order valence-corrected chi connectivity index (χ4v) is 2.76. The number of amides is 1. The number of nitrogens with one attached hydrogen (secondary N) is 1. The fourth-order valence-electron chi connectivity index (χ4n) is 2.76. The summed E-state index contributed by atoms with van der Waals surface area (Å²) in [6.07, 6.45) is 1.91. The maximum absolute atomic E-state index is 12.0. The van der Waals surface area contributed by atoms with Gasteiger partial charge >= 0.3 is 5.97 Å². The van der Waals surface area contributed by atoms with Gasteiger partial charge in [-0.2, -0.15) is 0 Å². The monoisotopic (exact) mass is 385 g/mol. The number of hydrogen-bond donors (Lipinski definition) is 1. The standard InChI is InChI=1S/C21H23NO6/c1-25-18-5-2-4-16(12-18)22-20(23)14-27-17-9-7-15(8-10-17)21(24)28-13-19-6-3-11-26-19/h2,4-5,7-10,12,19H,3,6,11,13-14H2,1H3,(H,22,23). The summed E-state index contributed by atoms with van der Waals surface area (Å²) in [6, 6.07) is 13.5. The highest BCUT2D eigenvalue weighted by Crippen LogP contribution is 2.18. The molecular weight excluding hydrogens is 362 g/mol. The molecule has 1 atom stereocenters. The molecule has 7 heteroatoms. The van der Waals surface area contributed by atoms with E-state index in [9.17, 15) is 9.59 Å². The molecular formula is C21H23NO6. The second-order valence-corrected chi connectivity index (χ2v) is 6.33. The molecule has 28 heavy (non-hydrogen) atoms. The van der Waals surface area contributed by atoms with Crippen LogP contribution >= 0.6 is 0 Å². The van der Waals surface area contributed by atoms with E-state index in [0.29, 0.717) is 22.7 Å². The van der Waals surface area contributed by atoms with Gasteiger partial charge in [0.2, 0.25) is 0 Å². The lowest BCUT2D eigenvalue weighted by Gasteiger charge is -2.11. The number of anilines is 1. The minimum atomic E-state index is -0.405. The average molecular weight is 385 g/mol. The third-order valence-electron chi connectivity index (χ3n) is 4.24. The highest BCUT2D eigenvalue weighted by atomic mass is 16.6. The molecule has 1 heterocycles. The maximum atomic E-state index is 12.0. The van der Waals surface area contributed by atoms with Gasteiger partial charge in [0.1, 0.15) is 18.1 Å². The Labute approximate surface area is 163 Å². The zero-order chi connectivity index (χ0) is 19.8. The summed E-state index contributed by atoms with van der Waals surface area (Å²) < 4.78 is 21.3. The van der Waals surface area contributed by atoms with E-state index in [1.54, 1.807) is 55.6 Å². The smallest absolute Gasteiger partial charge is 0.338 e. The van der Waals surface area contributed by atoms with Gasteiger partial charge in [0.05, 0.1) is 18.8 Å². The molecule has 1 aliphatic rings. The van der Waals surface area contributed by atoms with Gasteiger partial charge in [-0.3, -0.25) is 4.79 Å². The lowest BCUT2D eigenvalue weighted by molar-refractivity contribution is -0.118. The van der Waals surface area contributed by atoms with Crippen molar-refractivity contribution in [1.82, 2.24) is 0 Å². The van der Waals surface area contributed by atoms with E-state index in [4.69, 9.17) is 18.9 Å². The van der Waals surface area contributed by atoms with Crippen molar-refractivity contribution in [2.45, 2.75) is 18.9 Å². The van der Waals surface area contributed by atoms with Gasteiger partial charge < -0.3 is 24.3 Å². The van der Waals surface area contributed by atoms with E-state index < -0.39 is 5.97 Å². The van der Waals surface area contributed by atoms with Crippen LogP contribution in [0.15, 0.2) is 48.5 Å². The second kappa shape index (κ2) is 9.75. The molecule has 2 aromatic carbocycles. The Morgan fingerprint density at radius 3 is 2.68 bits per heavy atom. The number of carbonyl (C=O) groups excluding carboxylic acids is 2. The zero-order valence-corrected chi connectivity index (χ0v) is 15.7. The molecule has 1 unspecified atom stereocenters. The summed E-state index contributed by atoms with van der Waals surface area (Å²) in [5.74, 6) is 0.434. The van der Waals surface area contributed by atoms with Gasteiger partial charge in [0, 0.05) is 18.4 Å². The molecule has 3 rings (SSSR count). The molecule has 1 N–H and O–H groups in total. The molecule has 7 nitrogen and oxygen atoms in total. The van der Waals surface area contributed by atoms with E-state index in [2.05, 4.69) is 5.32 Å². The van der Waals surface area contributed by atoms with Crippen LogP contribution in [0.2, 0.25) is 0 Å². The van der Waals surface area contributed by atoms with Gasteiger partial charge in [0.15, 0.2) is 6.61 Å². The molecule has 1 aliphatic heterocycles. The van der Waals surface area contributed by atoms with E-state index >= 15 is 0 Å². The summed E-state index contributed by atoms with van der Waals surface area (Å²) in [6.45, 7) is 0.835. The van der Waals surface area contributed by atoms with Crippen molar-refractivity contribution in [3.63, 3.8) is 0 Å². The number of esters is 1. The molecule has 0 bridgehead atoms. The van der Waals surface area contributed by atoms with Crippen LogP contribution in [0.3, 0.4) is 0 Å². The first-order chi connectivity index (χ1) is 13.6. The molecule has 0 aliphatic carbocycles. The first-order valence-electron chi connectivity index (χ1n) is 9.09. The van der Waals surface area contributed by atoms with Crippen molar-refractivity contribution < 1.29 is 28.5 Å². The number of hydrogen-bond acceptors (Lipinski definition) is 6. The first kappa shape index (κ1) is 19.7. The Hall–Kier alpha value is -3.06. The highest BCUT2D eigenvalue weighted by Gasteiger charge is 2.18. The van der Waals surface area contributed by atoms with E-state index in [1.165, 1.54) is 0 Å². The summed E-state index contributed by atoms with van der Waals surface area (Å²) in [7, 11) is 1.56. The zero-order valence-electron chi connectivity index (χ0n) is 15.7. The topological polar surface area (TPSA) is 83.1 Å². The quantitative estimate of drug-likeness (QED) is 0.704. The van der Waals surface area contributed by atoms with Crippen LogP contribution < -0.4 is 14.8 Å². The number of methoxy groups -OCH3 is 1. The summed E-state index contributed by atoms with van der Waals surface area (Å²) >= 11 is 0. The first-order valence-corrected chi connectivity index (χ1v) is 9.09. The molecule has 0 spiro atoms. The van der Waals surface area contributed by atoms with Crippen molar-refractivity contribution in [2.24, 2.45) is 0 Å². The number of benzene rings is 2. The van der Waals surface area contributed by atoms with Gasteiger partial charge in [0.25, 0.3) is 5.91 Å². The Morgan fingerprint density at radius 1 is 1.14 bits per heavy atom. The predicted molar refractivity (Wildman–Crippen MR) is 103 cm³/mol. The normalized spacial score (nSPS) is 15.7. The molecule has 0 saturated carbocycles. The maximum Gasteiger partial charge on any atom is 0.338 e. The second-order valence-electron chi connectivity index (χ2n) is 6.33. The molecule has 0 radical (unpaired) electrons. The lowest BCUT2D eigenvalue weighted by atomic mass is 10.2. The summed E-state index contributed by atoms with van der Waals surface area (Å²) in [5.41, 5.74) is 1.04. The van der Waals surface area contributed by atoms with E-state index in [0.717, 1.165) is 19.4 Å². The Bertz CT molecular complexity index is 799. The van der Waals surface area contributed by atoms with Gasteiger partial charge in [-0.05, 0) is 49.2 Å². The predicted octanol–water partition coefficient (Wildman–Crippen LogP) is 3.05. The van der Waals surface area contributed by atoms with Gasteiger partial charge in [-0.25, -0.2) is 4.79 Å². The molecule has 1 fully saturated rings. The molecule has 148 valence electrons. The summed E-state index contributed by atoms with van der Waals surface area (Å²) in [5, 5.41) is 2.73. The van der Waals surface area contributed by atoms with Crippen LogP contribution in [-0.4, -0.2) is 44.9 Å². The Kier molecular flexibility index (Phi) is 6.86. The van der Waals surface area contributed by atoms with Crippen LogP contribution in [0.5, 0.6) is 11.5 Å². The minimum Gasteiger partial charge on any atom is -0.497 e. The van der Waals surface area contributed by atoms with Gasteiger partial charge in [-0.1, -0.05) is 6.07 Å². The minimum absolute atomic E-state index is 0.00495. The van der Waals surface area contributed by atoms with E-state index in [1.807, 2.05) is 0 Å². The van der Waals surface area contributed by atoms with Crippen LogP contribution in [0.1, 0.15) is 23.2 Å². The fraction of sp³-hybridized carbons (Fsp3) is 0.333. The lowest BCUT2D eigenvalue weighted by Crippen LogP contribution is -2.20. The molecule has 1 saturated heterocycles. The Balaban J connectivity index is 1.44. The van der Waals surface area contributed by atoms with Crippen LogP contribution in [0.4, 0.5) is 5.69 Å². The third kappa shape index (κ3) is 5.72. The number of carbonyl (C=O) groups is 2. The van der Waals surface area contributed by atoms with Crippen LogP contribution in [0, 0.1) is 0 Å². The average Bonchev–Trinajstić information content (AvgIpc) is 3.24. The number of ether oxygens (including phenoxy) is 4. The van der Waals surface area contributed by atoms with Crippen LogP contribution in [-0.2, 0) is 14.3 Å². The molecule has 2 aromatic rings. The molecule has 1 amide bonds. The van der Waals surface area contributed by atoms with Crippen molar-refractivity contribution in [3.8, 4) is 11.5 Å². The van der Waals surface area contributed by atoms with Crippen molar-refractivity contribution >= 4 is 17.6 Å². The van der Waals surface area contributed by atoms with Crippen LogP contribution in [0.25, 0.3) is 0 Å². The van der Waals surface area contributed by atoms with Crippen molar-refractivity contribution in [1.29, 1.82) is 0 Å². The number of rotatable bonds is 8.